The van der Waals surface area contributed by atoms with Crippen molar-refractivity contribution in [1.82, 2.24) is 10.2 Å². The number of hydrogen-bond acceptors (Lipinski definition) is 5. The maximum absolute atomic E-state index is 13.0. The first-order chi connectivity index (χ1) is 15.6. The standard InChI is InChI=1S/C24H19N3O4S/c28-22(25-12-16-6-9-20-21(10-16)31-14-30-20)17-7-8-18-19(11-17)26-24(32)27(23(18)29)13-15-4-2-1-3-5-15/h1-11,18H,12-14H2,(H,25,28). The van der Waals surface area contributed by atoms with Crippen LogP contribution in [0.2, 0.25) is 0 Å². The second-order valence-corrected chi connectivity index (χ2v) is 7.90. The first-order valence-corrected chi connectivity index (χ1v) is 10.5. The lowest BCUT2D eigenvalue weighted by atomic mass is 9.91. The third kappa shape index (κ3) is 3.92. The van der Waals surface area contributed by atoms with Gasteiger partial charge in [0.15, 0.2) is 11.5 Å². The molecule has 5 rings (SSSR count). The Morgan fingerprint density at radius 3 is 2.78 bits per heavy atom. The van der Waals surface area contributed by atoms with Gasteiger partial charge in [0.05, 0.1) is 18.2 Å². The number of nitrogens with one attached hydrogen (secondary N) is 1. The van der Waals surface area contributed by atoms with Gasteiger partial charge < -0.3 is 14.8 Å². The average molecular weight is 446 g/mol. The van der Waals surface area contributed by atoms with E-state index in [-0.39, 0.29) is 23.7 Å². The largest absolute Gasteiger partial charge is 0.454 e. The number of carbonyl (C=O) groups is 2. The van der Waals surface area contributed by atoms with Crippen molar-refractivity contribution in [2.45, 2.75) is 13.1 Å². The van der Waals surface area contributed by atoms with Crippen LogP contribution in [0.15, 0.2) is 77.3 Å². The van der Waals surface area contributed by atoms with E-state index < -0.39 is 5.92 Å². The Morgan fingerprint density at radius 1 is 1.12 bits per heavy atom. The minimum atomic E-state index is -0.546. The first-order valence-electron chi connectivity index (χ1n) is 10.1. The number of rotatable bonds is 5. The van der Waals surface area contributed by atoms with Crippen LogP contribution in [-0.4, -0.2) is 34.3 Å². The number of nitrogens with zero attached hydrogens (tertiary/aromatic N) is 2. The number of benzene rings is 2. The van der Waals surface area contributed by atoms with Crippen LogP contribution in [-0.2, 0) is 22.7 Å². The van der Waals surface area contributed by atoms with E-state index in [4.69, 9.17) is 21.7 Å². The molecule has 0 aromatic heterocycles. The molecule has 0 spiro atoms. The Bertz CT molecular complexity index is 1200. The molecule has 2 amide bonds. The lowest BCUT2D eigenvalue weighted by Gasteiger charge is -2.31. The molecule has 2 aliphatic heterocycles. The maximum Gasteiger partial charge on any atom is 0.251 e. The average Bonchev–Trinajstić information content (AvgIpc) is 3.28. The fourth-order valence-corrected chi connectivity index (χ4v) is 3.99. The number of hydrogen-bond donors (Lipinski definition) is 1. The van der Waals surface area contributed by atoms with Crippen molar-refractivity contribution in [2.24, 2.45) is 10.9 Å². The summed E-state index contributed by atoms with van der Waals surface area (Å²) >= 11 is 5.37. The van der Waals surface area contributed by atoms with E-state index in [1.165, 1.54) is 4.90 Å². The van der Waals surface area contributed by atoms with E-state index >= 15 is 0 Å². The summed E-state index contributed by atoms with van der Waals surface area (Å²) in [6.45, 7) is 0.903. The van der Waals surface area contributed by atoms with Crippen LogP contribution in [0.1, 0.15) is 11.1 Å². The van der Waals surface area contributed by atoms with E-state index in [2.05, 4.69) is 10.3 Å². The molecule has 3 aliphatic rings. The molecule has 7 nitrogen and oxygen atoms in total. The van der Waals surface area contributed by atoms with Crippen molar-refractivity contribution in [3.63, 3.8) is 0 Å². The van der Waals surface area contributed by atoms with E-state index in [1.807, 2.05) is 48.5 Å². The monoisotopic (exact) mass is 445 g/mol. The van der Waals surface area contributed by atoms with Gasteiger partial charge in [-0.2, -0.15) is 0 Å². The summed E-state index contributed by atoms with van der Waals surface area (Å²) in [5, 5.41) is 3.09. The van der Waals surface area contributed by atoms with Crippen molar-refractivity contribution < 1.29 is 19.1 Å². The van der Waals surface area contributed by atoms with E-state index in [9.17, 15) is 9.59 Å². The Morgan fingerprint density at radius 2 is 1.94 bits per heavy atom. The number of allylic oxidation sites excluding steroid dienone is 1. The molecule has 2 aromatic carbocycles. The van der Waals surface area contributed by atoms with Crippen molar-refractivity contribution in [3.05, 3.63) is 83.5 Å². The molecule has 1 aliphatic carbocycles. The minimum Gasteiger partial charge on any atom is -0.454 e. The van der Waals surface area contributed by atoms with Gasteiger partial charge in [-0.3, -0.25) is 14.5 Å². The van der Waals surface area contributed by atoms with Gasteiger partial charge in [0.1, 0.15) is 0 Å². The number of carbonyl (C=O) groups excluding carboxylic acids is 2. The Balaban J connectivity index is 1.27. The summed E-state index contributed by atoms with van der Waals surface area (Å²) in [4.78, 5) is 31.6. The normalized spacial score (nSPS) is 18.8. The lowest BCUT2D eigenvalue weighted by Crippen LogP contribution is -2.45. The molecule has 2 aromatic rings. The molecule has 1 N–H and O–H groups in total. The van der Waals surface area contributed by atoms with Crippen LogP contribution in [0.4, 0.5) is 0 Å². The topological polar surface area (TPSA) is 80.2 Å². The first kappa shape index (κ1) is 20.1. The zero-order chi connectivity index (χ0) is 22.1. The van der Waals surface area contributed by atoms with E-state index in [0.717, 1.165) is 11.1 Å². The van der Waals surface area contributed by atoms with Crippen LogP contribution in [0.3, 0.4) is 0 Å². The molecular weight excluding hydrogens is 426 g/mol. The molecule has 1 atom stereocenters. The van der Waals surface area contributed by atoms with Crippen LogP contribution in [0, 0.1) is 5.92 Å². The zero-order valence-corrected chi connectivity index (χ0v) is 17.8. The lowest BCUT2D eigenvalue weighted by molar-refractivity contribution is -0.129. The van der Waals surface area contributed by atoms with Gasteiger partial charge in [0.25, 0.3) is 5.91 Å². The van der Waals surface area contributed by atoms with E-state index in [1.54, 1.807) is 18.2 Å². The van der Waals surface area contributed by atoms with Gasteiger partial charge in [-0.25, -0.2) is 4.99 Å². The van der Waals surface area contributed by atoms with Crippen molar-refractivity contribution in [1.29, 1.82) is 0 Å². The van der Waals surface area contributed by atoms with Gasteiger partial charge >= 0.3 is 0 Å². The molecule has 2 heterocycles. The fourth-order valence-electron chi connectivity index (χ4n) is 3.73. The number of amides is 2. The fraction of sp³-hybridized carbons (Fsp3) is 0.167. The van der Waals surface area contributed by atoms with Crippen LogP contribution in [0.25, 0.3) is 0 Å². The molecule has 0 bridgehead atoms. The molecule has 0 saturated carbocycles. The molecule has 0 saturated heterocycles. The molecule has 0 fully saturated rings. The third-order valence-electron chi connectivity index (χ3n) is 5.41. The summed E-state index contributed by atoms with van der Waals surface area (Å²) in [6, 6.07) is 15.2. The Hall–Kier alpha value is -3.78. The summed E-state index contributed by atoms with van der Waals surface area (Å²) in [7, 11) is 0. The third-order valence-corrected chi connectivity index (χ3v) is 5.73. The van der Waals surface area contributed by atoms with Gasteiger partial charge in [0, 0.05) is 12.1 Å². The molecular formula is C24H19N3O4S. The number of fused-ring (bicyclic) bond motifs is 2. The van der Waals surface area contributed by atoms with Crippen molar-refractivity contribution in [3.8, 4) is 11.5 Å². The van der Waals surface area contributed by atoms with Crippen LogP contribution in [0.5, 0.6) is 11.5 Å². The molecule has 160 valence electrons. The minimum absolute atomic E-state index is 0.142. The smallest absolute Gasteiger partial charge is 0.251 e. The molecule has 0 radical (unpaired) electrons. The quantitative estimate of drug-likeness (QED) is 0.716. The highest BCUT2D eigenvalue weighted by Gasteiger charge is 2.35. The second kappa shape index (κ2) is 8.39. The predicted octanol–water partition coefficient (Wildman–Crippen LogP) is 2.91. The number of aliphatic imine (C=N–C) groups is 1. The highest BCUT2D eigenvalue weighted by atomic mass is 32.1. The highest BCUT2D eigenvalue weighted by Crippen LogP contribution is 2.32. The zero-order valence-electron chi connectivity index (χ0n) is 17.0. The second-order valence-electron chi connectivity index (χ2n) is 7.54. The number of thiocarbonyl (C=S) groups is 1. The summed E-state index contributed by atoms with van der Waals surface area (Å²) < 4.78 is 10.7. The van der Waals surface area contributed by atoms with Crippen molar-refractivity contribution in [2.75, 3.05) is 6.79 Å². The summed E-state index contributed by atoms with van der Waals surface area (Å²) in [6.07, 6.45) is 4.99. The molecule has 8 heteroatoms. The summed E-state index contributed by atoms with van der Waals surface area (Å²) in [5.74, 6) is 0.415. The van der Waals surface area contributed by atoms with Gasteiger partial charge in [0.2, 0.25) is 17.8 Å². The van der Waals surface area contributed by atoms with Crippen LogP contribution >= 0.6 is 12.2 Å². The van der Waals surface area contributed by atoms with Gasteiger partial charge in [-0.05, 0) is 41.6 Å². The summed E-state index contributed by atoms with van der Waals surface area (Å²) in [5.41, 5.74) is 2.78. The molecule has 32 heavy (non-hydrogen) atoms. The van der Waals surface area contributed by atoms with Gasteiger partial charge in [-0.1, -0.05) is 48.6 Å². The Kier molecular flexibility index (Phi) is 5.28. The van der Waals surface area contributed by atoms with Crippen molar-refractivity contribution >= 4 is 34.9 Å². The maximum atomic E-state index is 13.0. The van der Waals surface area contributed by atoms with E-state index in [0.29, 0.717) is 35.9 Å². The highest BCUT2D eigenvalue weighted by molar-refractivity contribution is 7.80. The SMILES string of the molecule is O=C(NCc1ccc2c(c1)OCO2)C1=CC2=NC(=S)N(Cc3ccccc3)C(=O)C2C=C1. The Labute approximate surface area is 190 Å². The van der Waals surface area contributed by atoms with Crippen LogP contribution < -0.4 is 14.8 Å². The predicted molar refractivity (Wildman–Crippen MR) is 122 cm³/mol. The van der Waals surface area contributed by atoms with Gasteiger partial charge in [-0.15, -0.1) is 0 Å². The number of ether oxygens (including phenoxy) is 2. The molecule has 1 unspecified atom stereocenters.